The number of nitrogens with one attached hydrogen (secondary N) is 2. The van der Waals surface area contributed by atoms with Crippen LogP contribution < -0.4 is 15.4 Å². The van der Waals surface area contributed by atoms with Gasteiger partial charge in [0.25, 0.3) is 11.8 Å². The van der Waals surface area contributed by atoms with Crippen LogP contribution in [0.5, 0.6) is 5.75 Å². The van der Waals surface area contributed by atoms with E-state index in [1.807, 2.05) is 6.26 Å². The summed E-state index contributed by atoms with van der Waals surface area (Å²) in [6.07, 6.45) is 3.61. The maximum atomic E-state index is 12.8. The molecule has 1 atom stereocenters. The van der Waals surface area contributed by atoms with Gasteiger partial charge in [-0.15, -0.1) is 0 Å². The molecule has 0 spiro atoms. The molecular weight excluding hydrogens is 404 g/mol. The van der Waals surface area contributed by atoms with Crippen LogP contribution in [0.15, 0.2) is 60.3 Å². The summed E-state index contributed by atoms with van der Waals surface area (Å²) in [7, 11) is 1.55. The largest absolute Gasteiger partial charge is 0.497 e. The van der Waals surface area contributed by atoms with Crippen molar-refractivity contribution >= 4 is 35.6 Å². The summed E-state index contributed by atoms with van der Waals surface area (Å²) >= 11 is 1.49. The highest BCUT2D eigenvalue weighted by Gasteiger charge is 2.22. The van der Waals surface area contributed by atoms with E-state index in [0.717, 1.165) is 0 Å². The number of carbonyl (C=O) groups is 3. The predicted octanol–water partition coefficient (Wildman–Crippen LogP) is 2.79. The molecule has 2 aromatic rings. The number of hydrogen-bond donors (Lipinski definition) is 3. The molecular formula is C22H24N2O5S. The van der Waals surface area contributed by atoms with Crippen molar-refractivity contribution in [2.24, 2.45) is 0 Å². The quantitative estimate of drug-likeness (QED) is 0.503. The number of carboxylic acid groups (broad SMARTS) is 1. The minimum atomic E-state index is -1.13. The van der Waals surface area contributed by atoms with Crippen molar-refractivity contribution in [1.29, 1.82) is 0 Å². The lowest BCUT2D eigenvalue weighted by Gasteiger charge is -2.16. The third-order valence-electron chi connectivity index (χ3n) is 4.17. The molecule has 1 unspecified atom stereocenters. The van der Waals surface area contributed by atoms with Gasteiger partial charge in [0, 0.05) is 5.56 Å². The third kappa shape index (κ3) is 6.97. The van der Waals surface area contributed by atoms with Crippen molar-refractivity contribution < 1.29 is 24.2 Å². The van der Waals surface area contributed by atoms with Gasteiger partial charge in [-0.25, -0.2) is 4.79 Å². The molecule has 0 aliphatic carbocycles. The van der Waals surface area contributed by atoms with Crippen molar-refractivity contribution in [2.75, 3.05) is 19.1 Å². The lowest BCUT2D eigenvalue weighted by molar-refractivity contribution is -0.141. The van der Waals surface area contributed by atoms with E-state index in [1.54, 1.807) is 61.7 Å². The van der Waals surface area contributed by atoms with Gasteiger partial charge in [-0.2, -0.15) is 11.8 Å². The Morgan fingerprint density at radius 2 is 1.77 bits per heavy atom. The SMILES string of the molecule is COc1ccc(C=C(NC(=O)c2ccccc2)C(=O)NC(CCSC)C(=O)O)cc1. The van der Waals surface area contributed by atoms with Gasteiger partial charge in [-0.05, 0) is 54.3 Å². The van der Waals surface area contributed by atoms with Crippen LogP contribution in [0.4, 0.5) is 0 Å². The normalized spacial score (nSPS) is 12.0. The molecule has 30 heavy (non-hydrogen) atoms. The van der Waals surface area contributed by atoms with Gasteiger partial charge in [-0.1, -0.05) is 30.3 Å². The molecule has 0 aromatic heterocycles. The smallest absolute Gasteiger partial charge is 0.326 e. The van der Waals surface area contributed by atoms with E-state index in [-0.39, 0.29) is 12.1 Å². The van der Waals surface area contributed by atoms with E-state index < -0.39 is 23.8 Å². The Bertz CT molecular complexity index is 898. The van der Waals surface area contributed by atoms with Crippen LogP contribution in [0, 0.1) is 0 Å². The Morgan fingerprint density at radius 3 is 2.33 bits per heavy atom. The highest BCUT2D eigenvalue weighted by molar-refractivity contribution is 7.98. The van der Waals surface area contributed by atoms with Crippen molar-refractivity contribution in [3.63, 3.8) is 0 Å². The highest BCUT2D eigenvalue weighted by Crippen LogP contribution is 2.14. The average molecular weight is 429 g/mol. The predicted molar refractivity (Wildman–Crippen MR) is 117 cm³/mol. The number of hydrogen-bond acceptors (Lipinski definition) is 5. The van der Waals surface area contributed by atoms with E-state index >= 15 is 0 Å². The molecule has 0 fully saturated rings. The second-order valence-electron chi connectivity index (χ2n) is 6.30. The molecule has 0 radical (unpaired) electrons. The summed E-state index contributed by atoms with van der Waals surface area (Å²) < 4.78 is 5.12. The van der Waals surface area contributed by atoms with Gasteiger partial charge < -0.3 is 20.5 Å². The molecule has 8 heteroatoms. The zero-order valence-electron chi connectivity index (χ0n) is 16.8. The van der Waals surface area contributed by atoms with E-state index in [2.05, 4.69) is 10.6 Å². The Morgan fingerprint density at radius 1 is 1.10 bits per heavy atom. The summed E-state index contributed by atoms with van der Waals surface area (Å²) in [5, 5.41) is 14.5. The molecule has 0 aliphatic heterocycles. The van der Waals surface area contributed by atoms with Gasteiger partial charge >= 0.3 is 5.97 Å². The van der Waals surface area contributed by atoms with E-state index in [0.29, 0.717) is 22.6 Å². The molecule has 0 saturated heterocycles. The number of benzene rings is 2. The summed E-state index contributed by atoms with van der Waals surface area (Å²) in [4.78, 5) is 36.9. The summed E-state index contributed by atoms with van der Waals surface area (Å²) in [6, 6.07) is 14.3. The molecule has 0 heterocycles. The molecule has 2 rings (SSSR count). The van der Waals surface area contributed by atoms with Crippen molar-refractivity contribution in [3.05, 3.63) is 71.4 Å². The first kappa shape index (κ1) is 23.0. The molecule has 2 aromatic carbocycles. The molecule has 2 amide bonds. The number of aliphatic carboxylic acids is 1. The fourth-order valence-corrected chi connectivity index (χ4v) is 3.01. The average Bonchev–Trinajstić information content (AvgIpc) is 2.76. The molecule has 7 nitrogen and oxygen atoms in total. The molecule has 3 N–H and O–H groups in total. The first-order valence-corrected chi connectivity index (χ1v) is 10.6. The number of carbonyl (C=O) groups excluding carboxylic acids is 2. The van der Waals surface area contributed by atoms with E-state index in [1.165, 1.54) is 17.8 Å². The molecule has 0 bridgehead atoms. The number of thioether (sulfide) groups is 1. The van der Waals surface area contributed by atoms with Crippen LogP contribution in [0.2, 0.25) is 0 Å². The van der Waals surface area contributed by atoms with Gasteiger partial charge in [0.1, 0.15) is 17.5 Å². The van der Waals surface area contributed by atoms with Crippen LogP contribution in [0.1, 0.15) is 22.3 Å². The minimum Gasteiger partial charge on any atom is -0.497 e. The van der Waals surface area contributed by atoms with E-state index in [9.17, 15) is 19.5 Å². The van der Waals surface area contributed by atoms with Crippen LogP contribution >= 0.6 is 11.8 Å². The molecule has 158 valence electrons. The van der Waals surface area contributed by atoms with Crippen LogP contribution in [0.25, 0.3) is 6.08 Å². The lowest BCUT2D eigenvalue weighted by atomic mass is 10.1. The second-order valence-corrected chi connectivity index (χ2v) is 7.28. The lowest BCUT2D eigenvalue weighted by Crippen LogP contribution is -2.44. The van der Waals surface area contributed by atoms with Crippen molar-refractivity contribution in [1.82, 2.24) is 10.6 Å². The number of ether oxygens (including phenoxy) is 1. The Kier molecular flexibility index (Phi) is 8.96. The fourth-order valence-electron chi connectivity index (χ4n) is 2.54. The number of methoxy groups -OCH3 is 1. The number of carboxylic acids is 1. The van der Waals surface area contributed by atoms with Gasteiger partial charge in [0.15, 0.2) is 0 Å². The Hall–Kier alpha value is -3.26. The zero-order chi connectivity index (χ0) is 21.9. The highest BCUT2D eigenvalue weighted by atomic mass is 32.2. The summed E-state index contributed by atoms with van der Waals surface area (Å²) in [5.41, 5.74) is 0.970. The van der Waals surface area contributed by atoms with Crippen LogP contribution in [-0.2, 0) is 9.59 Å². The first-order chi connectivity index (χ1) is 14.4. The van der Waals surface area contributed by atoms with Crippen molar-refractivity contribution in [3.8, 4) is 5.75 Å². The van der Waals surface area contributed by atoms with Gasteiger partial charge in [-0.3, -0.25) is 9.59 Å². The Labute approximate surface area is 179 Å². The van der Waals surface area contributed by atoms with E-state index in [4.69, 9.17) is 4.74 Å². The zero-order valence-corrected chi connectivity index (χ0v) is 17.6. The molecule has 0 aliphatic rings. The standard InChI is InChI=1S/C22H24N2O5S/c1-29-17-10-8-15(9-11-17)14-19(24-20(25)16-6-4-3-5-7-16)21(26)23-18(22(27)28)12-13-30-2/h3-11,14,18H,12-13H2,1-2H3,(H,23,26)(H,24,25)(H,27,28). The number of rotatable bonds is 10. The maximum Gasteiger partial charge on any atom is 0.326 e. The summed E-state index contributed by atoms with van der Waals surface area (Å²) in [6.45, 7) is 0. The van der Waals surface area contributed by atoms with Crippen molar-refractivity contribution in [2.45, 2.75) is 12.5 Å². The van der Waals surface area contributed by atoms with Crippen LogP contribution in [0.3, 0.4) is 0 Å². The monoisotopic (exact) mass is 428 g/mol. The van der Waals surface area contributed by atoms with Crippen LogP contribution in [-0.4, -0.2) is 48.1 Å². The number of amides is 2. The first-order valence-electron chi connectivity index (χ1n) is 9.19. The summed E-state index contributed by atoms with van der Waals surface area (Å²) in [5.74, 6) is -1.05. The van der Waals surface area contributed by atoms with Gasteiger partial charge in [0.2, 0.25) is 0 Å². The van der Waals surface area contributed by atoms with Gasteiger partial charge in [0.05, 0.1) is 7.11 Å². The Balaban J connectivity index is 2.28. The minimum absolute atomic E-state index is 0.0515. The third-order valence-corrected chi connectivity index (χ3v) is 4.81. The maximum absolute atomic E-state index is 12.8. The fraction of sp³-hybridized carbons (Fsp3) is 0.227. The molecule has 0 saturated carbocycles. The second kappa shape index (κ2) is 11.7. The topological polar surface area (TPSA) is 105 Å².